The molecule has 9 heavy (non-hydrogen) atoms. The fraction of sp³-hybridized carbons (Fsp3) is 0.750. The predicted molar refractivity (Wildman–Crippen MR) is 36.9 cm³/mol. The van der Waals surface area contributed by atoms with Crippen LogP contribution in [0.2, 0.25) is 0 Å². The molecule has 0 bridgehead atoms. The second kappa shape index (κ2) is 1.75. The molecule has 1 spiro atoms. The lowest BCUT2D eigenvalue weighted by Crippen LogP contribution is -2.53. The second-order valence-corrected chi connectivity index (χ2v) is 3.13. The summed E-state index contributed by atoms with van der Waals surface area (Å²) in [5.41, 5.74) is 0.616. The van der Waals surface area contributed by atoms with Gasteiger partial charge in [0.25, 0.3) is 0 Å². The highest BCUT2D eigenvalue weighted by Crippen LogP contribution is 2.33. The summed E-state index contributed by atoms with van der Waals surface area (Å²) in [6, 6.07) is 0. The van der Waals surface area contributed by atoms with Crippen molar-refractivity contribution in [1.82, 2.24) is 5.32 Å². The van der Waals surface area contributed by atoms with E-state index in [0.29, 0.717) is 5.41 Å². The molecular weight excluding hydrogens is 110 g/mol. The van der Waals surface area contributed by atoms with Crippen molar-refractivity contribution in [3.63, 3.8) is 0 Å². The molecule has 0 aromatic rings. The molecule has 1 N–H and O–H groups in total. The summed E-state index contributed by atoms with van der Waals surface area (Å²) in [6.07, 6.45) is 3.59. The first kappa shape index (κ1) is 5.32. The van der Waals surface area contributed by atoms with Gasteiger partial charge in [0.2, 0.25) is 0 Å². The molecule has 0 aromatic carbocycles. The van der Waals surface area contributed by atoms with E-state index in [0.717, 1.165) is 12.8 Å². The molecular formula is C8H11N. The van der Waals surface area contributed by atoms with Crippen LogP contribution in [-0.4, -0.2) is 13.1 Å². The average Bonchev–Trinajstić information content (AvgIpc) is 1.87. The van der Waals surface area contributed by atoms with Crippen molar-refractivity contribution in [1.29, 1.82) is 0 Å². The van der Waals surface area contributed by atoms with Gasteiger partial charge in [0.05, 0.1) is 0 Å². The van der Waals surface area contributed by atoms with Crippen molar-refractivity contribution in [3.8, 4) is 11.8 Å². The smallest absolute Gasteiger partial charge is 0.0170 e. The topological polar surface area (TPSA) is 12.0 Å². The first-order chi connectivity index (χ1) is 4.41. The van der Waals surface area contributed by atoms with Crippen LogP contribution in [0.1, 0.15) is 19.3 Å². The van der Waals surface area contributed by atoms with Crippen molar-refractivity contribution < 1.29 is 0 Å². The highest BCUT2D eigenvalue weighted by Gasteiger charge is 2.36. The molecule has 0 atom stereocenters. The Morgan fingerprint density at radius 1 is 1.22 bits per heavy atom. The van der Waals surface area contributed by atoms with E-state index >= 15 is 0 Å². The molecule has 1 saturated heterocycles. The molecule has 0 amide bonds. The third-order valence-electron chi connectivity index (χ3n) is 2.37. The third kappa shape index (κ3) is 0.746. The lowest BCUT2D eigenvalue weighted by molar-refractivity contribution is 0.158. The number of hydrogen-bond donors (Lipinski definition) is 1. The zero-order chi connectivity index (χ0) is 6.16. The maximum absolute atomic E-state index is 3.30. The predicted octanol–water partition coefficient (Wildman–Crippen LogP) is 0.763. The standard InChI is InChI=1S/C8H11N/c1-2-4-8(5-3-1)6-9-7-8/h9H,2,4-7H2. The molecule has 48 valence electrons. The van der Waals surface area contributed by atoms with Crippen LogP contribution < -0.4 is 5.32 Å². The van der Waals surface area contributed by atoms with Crippen molar-refractivity contribution in [2.75, 3.05) is 13.1 Å². The molecule has 0 aromatic heterocycles. The van der Waals surface area contributed by atoms with Crippen molar-refractivity contribution in [3.05, 3.63) is 0 Å². The van der Waals surface area contributed by atoms with E-state index in [2.05, 4.69) is 17.2 Å². The fourth-order valence-electron chi connectivity index (χ4n) is 1.53. The Balaban J connectivity index is 2.08. The molecule has 1 aliphatic heterocycles. The average molecular weight is 121 g/mol. The van der Waals surface area contributed by atoms with Gasteiger partial charge in [-0.05, 0) is 6.42 Å². The molecule has 1 fully saturated rings. The quantitative estimate of drug-likeness (QED) is 0.467. The zero-order valence-corrected chi connectivity index (χ0v) is 5.54. The Bertz CT molecular complexity index is 169. The SMILES string of the molecule is C1#CCC2(CC1)CNC2. The minimum absolute atomic E-state index is 0.616. The molecule has 1 aliphatic carbocycles. The summed E-state index contributed by atoms with van der Waals surface area (Å²) in [5.74, 6) is 6.32. The van der Waals surface area contributed by atoms with E-state index < -0.39 is 0 Å². The second-order valence-electron chi connectivity index (χ2n) is 3.13. The van der Waals surface area contributed by atoms with Crippen LogP contribution >= 0.6 is 0 Å². The zero-order valence-electron chi connectivity index (χ0n) is 5.54. The Morgan fingerprint density at radius 2 is 2.11 bits per heavy atom. The van der Waals surface area contributed by atoms with E-state index in [1.54, 1.807) is 0 Å². The monoisotopic (exact) mass is 121 g/mol. The molecule has 0 radical (unpaired) electrons. The number of rotatable bonds is 0. The maximum Gasteiger partial charge on any atom is 0.0170 e. The van der Waals surface area contributed by atoms with E-state index in [1.807, 2.05) is 0 Å². The van der Waals surface area contributed by atoms with Gasteiger partial charge in [0.1, 0.15) is 0 Å². The minimum atomic E-state index is 0.616. The summed E-state index contributed by atoms with van der Waals surface area (Å²) in [4.78, 5) is 0. The maximum atomic E-state index is 3.30. The van der Waals surface area contributed by atoms with Crippen LogP contribution in [-0.2, 0) is 0 Å². The Labute approximate surface area is 55.8 Å². The third-order valence-corrected chi connectivity index (χ3v) is 2.37. The summed E-state index contributed by atoms with van der Waals surface area (Å²) in [6.45, 7) is 2.42. The Hall–Kier alpha value is -0.480. The van der Waals surface area contributed by atoms with Crippen molar-refractivity contribution in [2.24, 2.45) is 5.41 Å². The lowest BCUT2D eigenvalue weighted by atomic mass is 9.73. The van der Waals surface area contributed by atoms with Gasteiger partial charge in [0, 0.05) is 31.3 Å². The van der Waals surface area contributed by atoms with E-state index in [1.165, 1.54) is 19.5 Å². The largest absolute Gasteiger partial charge is 0.315 e. The first-order valence-corrected chi connectivity index (χ1v) is 3.58. The Kier molecular flexibility index (Phi) is 1.03. The van der Waals surface area contributed by atoms with Gasteiger partial charge in [-0.2, -0.15) is 0 Å². The van der Waals surface area contributed by atoms with Crippen LogP contribution in [0.5, 0.6) is 0 Å². The van der Waals surface area contributed by atoms with Gasteiger partial charge in [-0.15, -0.1) is 11.8 Å². The van der Waals surface area contributed by atoms with Crippen molar-refractivity contribution in [2.45, 2.75) is 19.3 Å². The molecule has 1 heterocycles. The Morgan fingerprint density at radius 3 is 2.44 bits per heavy atom. The highest BCUT2D eigenvalue weighted by atomic mass is 15.0. The van der Waals surface area contributed by atoms with Gasteiger partial charge < -0.3 is 5.32 Å². The van der Waals surface area contributed by atoms with Crippen LogP contribution in [0.3, 0.4) is 0 Å². The molecule has 1 nitrogen and oxygen atoms in total. The van der Waals surface area contributed by atoms with Crippen LogP contribution in [0.15, 0.2) is 0 Å². The normalized spacial score (nSPS) is 28.4. The summed E-state index contributed by atoms with van der Waals surface area (Å²) < 4.78 is 0. The summed E-state index contributed by atoms with van der Waals surface area (Å²) >= 11 is 0. The summed E-state index contributed by atoms with van der Waals surface area (Å²) in [7, 11) is 0. The van der Waals surface area contributed by atoms with Crippen LogP contribution in [0, 0.1) is 17.3 Å². The van der Waals surface area contributed by atoms with Gasteiger partial charge >= 0.3 is 0 Å². The molecule has 0 saturated carbocycles. The van der Waals surface area contributed by atoms with Gasteiger partial charge in [0.15, 0.2) is 0 Å². The first-order valence-electron chi connectivity index (χ1n) is 3.58. The van der Waals surface area contributed by atoms with Crippen LogP contribution in [0.4, 0.5) is 0 Å². The summed E-state index contributed by atoms with van der Waals surface area (Å²) in [5, 5.41) is 3.30. The van der Waals surface area contributed by atoms with E-state index in [4.69, 9.17) is 0 Å². The minimum Gasteiger partial charge on any atom is -0.315 e. The molecule has 2 aliphatic rings. The number of nitrogens with one attached hydrogen (secondary N) is 1. The van der Waals surface area contributed by atoms with E-state index in [-0.39, 0.29) is 0 Å². The van der Waals surface area contributed by atoms with Gasteiger partial charge in [-0.25, -0.2) is 0 Å². The lowest BCUT2D eigenvalue weighted by Gasteiger charge is -2.42. The van der Waals surface area contributed by atoms with E-state index in [9.17, 15) is 0 Å². The molecule has 1 heteroatoms. The molecule has 0 unspecified atom stereocenters. The molecule has 2 rings (SSSR count). The highest BCUT2D eigenvalue weighted by molar-refractivity contribution is 5.12. The van der Waals surface area contributed by atoms with Crippen molar-refractivity contribution >= 4 is 0 Å². The fourth-order valence-corrected chi connectivity index (χ4v) is 1.53. The van der Waals surface area contributed by atoms with Gasteiger partial charge in [-0.1, -0.05) is 0 Å². The van der Waals surface area contributed by atoms with Gasteiger partial charge in [-0.3, -0.25) is 0 Å². The number of hydrogen-bond acceptors (Lipinski definition) is 1. The van der Waals surface area contributed by atoms with Crippen LogP contribution in [0.25, 0.3) is 0 Å².